The van der Waals surface area contributed by atoms with Gasteiger partial charge in [-0.25, -0.2) is 9.78 Å². The molecule has 152 valence electrons. The number of aryl methyl sites for hydroxylation is 1. The van der Waals surface area contributed by atoms with Crippen LogP contribution in [0, 0.1) is 0 Å². The van der Waals surface area contributed by atoms with E-state index in [2.05, 4.69) is 20.6 Å². The van der Waals surface area contributed by atoms with Crippen molar-refractivity contribution in [1.82, 2.24) is 25.2 Å². The Labute approximate surface area is 170 Å². The van der Waals surface area contributed by atoms with Gasteiger partial charge in [0.25, 0.3) is 11.5 Å². The summed E-state index contributed by atoms with van der Waals surface area (Å²) in [6.07, 6.45) is 0. The van der Waals surface area contributed by atoms with Crippen LogP contribution < -0.4 is 21.9 Å². The third kappa shape index (κ3) is 5.54. The lowest BCUT2D eigenvalue weighted by atomic mass is 10.0. The lowest BCUT2D eigenvalue weighted by Crippen LogP contribution is -2.35. The van der Waals surface area contributed by atoms with E-state index in [1.165, 1.54) is 4.57 Å². The number of likely N-dealkylation sites (N-methyl/N-ethyl adjacent to an activating group) is 1. The molecular formula is C17H27Cl2N5O3. The predicted octanol–water partition coefficient (Wildman–Crippen LogP) is 1.41. The first-order chi connectivity index (χ1) is 11.9. The molecule has 0 saturated heterocycles. The van der Waals surface area contributed by atoms with Gasteiger partial charge in [-0.15, -0.1) is 24.8 Å². The first-order valence-electron chi connectivity index (χ1n) is 8.57. The summed E-state index contributed by atoms with van der Waals surface area (Å²) in [5, 5.41) is 6.07. The van der Waals surface area contributed by atoms with Crippen molar-refractivity contribution in [3.05, 3.63) is 38.2 Å². The molecule has 2 aromatic rings. The monoisotopic (exact) mass is 419 g/mol. The maximum atomic E-state index is 12.6. The van der Waals surface area contributed by atoms with E-state index in [-0.39, 0.29) is 53.2 Å². The van der Waals surface area contributed by atoms with E-state index >= 15 is 0 Å². The number of H-pyrrole nitrogens is 1. The van der Waals surface area contributed by atoms with Gasteiger partial charge in [0, 0.05) is 25.3 Å². The van der Waals surface area contributed by atoms with Gasteiger partial charge in [0.2, 0.25) is 0 Å². The van der Waals surface area contributed by atoms with Gasteiger partial charge in [0.05, 0.1) is 10.9 Å². The Morgan fingerprint density at radius 2 is 1.89 bits per heavy atom. The summed E-state index contributed by atoms with van der Waals surface area (Å²) in [6.45, 7) is 9.91. The van der Waals surface area contributed by atoms with Crippen molar-refractivity contribution < 1.29 is 4.79 Å². The number of carbonyl (C=O) groups excluding carboxylic acids is 1. The van der Waals surface area contributed by atoms with E-state index in [1.54, 1.807) is 13.0 Å². The molecule has 0 aliphatic rings. The number of amides is 1. The summed E-state index contributed by atoms with van der Waals surface area (Å²) in [7, 11) is 0. The largest absolute Gasteiger partial charge is 0.351 e. The zero-order chi connectivity index (χ0) is 18.6. The summed E-state index contributed by atoms with van der Waals surface area (Å²) in [5.41, 5.74) is 0.0423. The van der Waals surface area contributed by atoms with Crippen molar-refractivity contribution in [2.24, 2.45) is 0 Å². The van der Waals surface area contributed by atoms with Crippen LogP contribution in [0.3, 0.4) is 0 Å². The van der Waals surface area contributed by atoms with Gasteiger partial charge in [-0.05, 0) is 25.5 Å². The molecule has 0 radical (unpaired) electrons. The Bertz CT molecular complexity index is 892. The summed E-state index contributed by atoms with van der Waals surface area (Å²) >= 11 is 0. The third-order valence-corrected chi connectivity index (χ3v) is 3.96. The Hall–Kier alpha value is -1.90. The number of carbonyl (C=O) groups is 1. The van der Waals surface area contributed by atoms with Crippen LogP contribution in [0.2, 0.25) is 0 Å². The van der Waals surface area contributed by atoms with Crippen molar-refractivity contribution in [3.8, 4) is 0 Å². The van der Waals surface area contributed by atoms with E-state index in [9.17, 15) is 14.4 Å². The fourth-order valence-corrected chi connectivity index (χ4v) is 2.60. The van der Waals surface area contributed by atoms with Crippen LogP contribution in [0.4, 0.5) is 0 Å². The Balaban J connectivity index is 0.00000338. The number of fused-ring (bicyclic) bond motifs is 1. The minimum absolute atomic E-state index is 0. The highest BCUT2D eigenvalue weighted by Crippen LogP contribution is 2.19. The summed E-state index contributed by atoms with van der Waals surface area (Å²) in [6, 6.07) is 1.63. The summed E-state index contributed by atoms with van der Waals surface area (Å²) < 4.78 is 1.37. The number of aromatic nitrogens is 3. The molecule has 10 heteroatoms. The average molecular weight is 420 g/mol. The number of nitrogens with zero attached hydrogens (tertiary/aromatic N) is 2. The van der Waals surface area contributed by atoms with Crippen LogP contribution >= 0.6 is 24.8 Å². The zero-order valence-corrected chi connectivity index (χ0v) is 17.6. The molecule has 8 nitrogen and oxygen atoms in total. The SMILES string of the molecule is CCNCCNC(=O)c1cc(C(C)C)nc2c1c(=O)[nH]c(=O)n2CC.Cl.Cl. The number of hydrogen-bond donors (Lipinski definition) is 3. The van der Waals surface area contributed by atoms with Crippen molar-refractivity contribution in [3.63, 3.8) is 0 Å². The van der Waals surface area contributed by atoms with Crippen molar-refractivity contribution in [1.29, 1.82) is 0 Å². The van der Waals surface area contributed by atoms with Crippen molar-refractivity contribution in [2.75, 3.05) is 19.6 Å². The minimum Gasteiger partial charge on any atom is -0.351 e. The molecular weight excluding hydrogens is 393 g/mol. The number of nitrogens with one attached hydrogen (secondary N) is 3. The molecule has 2 heterocycles. The van der Waals surface area contributed by atoms with Gasteiger partial charge in [-0.3, -0.25) is 19.1 Å². The normalized spacial score (nSPS) is 10.4. The van der Waals surface area contributed by atoms with Crippen molar-refractivity contribution in [2.45, 2.75) is 40.2 Å². The number of halogens is 2. The van der Waals surface area contributed by atoms with E-state index in [4.69, 9.17) is 0 Å². The molecule has 0 atom stereocenters. The molecule has 1 amide bonds. The molecule has 0 aromatic carbocycles. The molecule has 0 bridgehead atoms. The first-order valence-corrected chi connectivity index (χ1v) is 8.57. The number of pyridine rings is 1. The zero-order valence-electron chi connectivity index (χ0n) is 15.9. The Morgan fingerprint density at radius 3 is 2.44 bits per heavy atom. The third-order valence-electron chi connectivity index (χ3n) is 3.96. The molecule has 27 heavy (non-hydrogen) atoms. The Morgan fingerprint density at radius 1 is 1.22 bits per heavy atom. The van der Waals surface area contributed by atoms with Crippen LogP contribution in [-0.2, 0) is 6.54 Å². The highest BCUT2D eigenvalue weighted by atomic mass is 35.5. The van der Waals surface area contributed by atoms with Crippen LogP contribution in [-0.4, -0.2) is 40.1 Å². The van der Waals surface area contributed by atoms with E-state index < -0.39 is 11.2 Å². The highest BCUT2D eigenvalue weighted by Gasteiger charge is 2.19. The second-order valence-electron chi connectivity index (χ2n) is 6.06. The number of hydrogen-bond acceptors (Lipinski definition) is 5. The van der Waals surface area contributed by atoms with Gasteiger partial charge in [-0.2, -0.15) is 0 Å². The van der Waals surface area contributed by atoms with Gasteiger partial charge in [0.15, 0.2) is 5.65 Å². The summed E-state index contributed by atoms with van der Waals surface area (Å²) in [5.74, 6) is -0.295. The molecule has 2 aromatic heterocycles. The predicted molar refractivity (Wildman–Crippen MR) is 112 cm³/mol. The second kappa shape index (κ2) is 11.1. The number of aromatic amines is 1. The maximum Gasteiger partial charge on any atom is 0.329 e. The minimum atomic E-state index is -0.593. The standard InChI is InChI=1S/C17H25N5O3.2ClH/c1-5-18-7-8-19-15(23)11-9-12(10(3)4)20-14-13(11)16(24)21-17(25)22(14)6-2;;/h9-10,18H,5-8H2,1-4H3,(H,19,23)(H,21,24,25);2*1H. The average Bonchev–Trinajstić information content (AvgIpc) is 2.57. The van der Waals surface area contributed by atoms with Gasteiger partial charge in [0.1, 0.15) is 0 Å². The molecule has 0 fully saturated rings. The molecule has 3 N–H and O–H groups in total. The van der Waals surface area contributed by atoms with E-state index in [1.807, 2.05) is 20.8 Å². The van der Waals surface area contributed by atoms with Crippen LogP contribution in [0.25, 0.3) is 11.0 Å². The van der Waals surface area contributed by atoms with Gasteiger partial charge in [-0.1, -0.05) is 20.8 Å². The van der Waals surface area contributed by atoms with Gasteiger partial charge >= 0.3 is 5.69 Å². The molecule has 0 saturated carbocycles. The molecule has 0 aliphatic carbocycles. The first kappa shape index (κ1) is 25.1. The fourth-order valence-electron chi connectivity index (χ4n) is 2.60. The fraction of sp³-hybridized carbons (Fsp3) is 0.529. The maximum absolute atomic E-state index is 12.6. The number of rotatable bonds is 7. The lowest BCUT2D eigenvalue weighted by Gasteiger charge is -2.14. The van der Waals surface area contributed by atoms with E-state index in [0.717, 1.165) is 6.54 Å². The quantitative estimate of drug-likeness (QED) is 0.587. The second-order valence-corrected chi connectivity index (χ2v) is 6.06. The van der Waals surface area contributed by atoms with Crippen LogP contribution in [0.5, 0.6) is 0 Å². The van der Waals surface area contributed by atoms with Crippen LogP contribution in [0.1, 0.15) is 49.7 Å². The lowest BCUT2D eigenvalue weighted by molar-refractivity contribution is 0.0955. The van der Waals surface area contributed by atoms with Crippen molar-refractivity contribution >= 4 is 41.8 Å². The Kier molecular flexibility index (Phi) is 10.3. The smallest absolute Gasteiger partial charge is 0.329 e. The molecule has 0 aliphatic heterocycles. The van der Waals surface area contributed by atoms with E-state index in [0.29, 0.717) is 25.3 Å². The highest BCUT2D eigenvalue weighted by molar-refractivity contribution is 6.05. The van der Waals surface area contributed by atoms with Gasteiger partial charge < -0.3 is 10.6 Å². The van der Waals surface area contributed by atoms with Crippen LogP contribution in [0.15, 0.2) is 15.7 Å². The topological polar surface area (TPSA) is 109 Å². The molecule has 2 rings (SSSR count). The summed E-state index contributed by atoms with van der Waals surface area (Å²) in [4.78, 5) is 43.8. The molecule has 0 unspecified atom stereocenters. The molecule has 0 spiro atoms.